The maximum Gasteiger partial charge on any atom is 0.320 e. The van der Waals surface area contributed by atoms with Gasteiger partial charge in [0.05, 0.1) is 18.1 Å². The van der Waals surface area contributed by atoms with Crippen LogP contribution in [0.5, 0.6) is 11.5 Å². The molecule has 0 aliphatic carbocycles. The number of benzene rings is 2. The van der Waals surface area contributed by atoms with Gasteiger partial charge in [0.25, 0.3) is 5.91 Å². The molecule has 2 aromatic carbocycles. The Bertz CT molecular complexity index is 1250. The minimum atomic E-state index is -4.64. The molecule has 2 aliphatic rings. The molecule has 200 valence electrons. The van der Waals surface area contributed by atoms with Crippen molar-refractivity contribution in [2.24, 2.45) is 0 Å². The first-order valence-electron chi connectivity index (χ1n) is 11.1. The Morgan fingerprint density at radius 2 is 1.65 bits per heavy atom. The van der Waals surface area contributed by atoms with Gasteiger partial charge in [0, 0.05) is 37.7 Å². The van der Waals surface area contributed by atoms with Crippen molar-refractivity contribution in [3.05, 3.63) is 53.1 Å². The molecule has 1 atom stereocenters. The lowest BCUT2D eigenvalue weighted by Crippen LogP contribution is -2.63. The first-order chi connectivity index (χ1) is 17.6. The Hall–Kier alpha value is -3.04. The van der Waals surface area contributed by atoms with Crippen molar-refractivity contribution in [3.8, 4) is 11.5 Å². The first-order valence-corrected chi connectivity index (χ1v) is 12.9. The second kappa shape index (κ2) is 11.1. The van der Waals surface area contributed by atoms with E-state index in [9.17, 15) is 32.0 Å². The zero-order valence-electron chi connectivity index (χ0n) is 19.3. The first kappa shape index (κ1) is 27.0. The third-order valence-electron chi connectivity index (χ3n) is 5.91. The van der Waals surface area contributed by atoms with E-state index in [1.165, 1.54) is 39.5 Å². The maximum atomic E-state index is 14.8. The fraction of sp³-hybridized carbons (Fsp3) is 0.364. The predicted octanol–water partition coefficient (Wildman–Crippen LogP) is 2.04. The Balaban J connectivity index is 1.58. The number of sulfonamides is 1. The maximum absolute atomic E-state index is 14.8. The molecule has 4 rings (SSSR count). The Morgan fingerprint density at radius 1 is 1.03 bits per heavy atom. The highest BCUT2D eigenvalue weighted by molar-refractivity contribution is 7.89. The van der Waals surface area contributed by atoms with Crippen molar-refractivity contribution < 1.29 is 41.5 Å². The number of ether oxygens (including phenoxy) is 2. The fourth-order valence-electron chi connectivity index (χ4n) is 4.01. The van der Waals surface area contributed by atoms with Crippen LogP contribution in [0.3, 0.4) is 0 Å². The molecule has 0 aromatic heterocycles. The molecule has 0 spiro atoms. The molecular formula is C22H23ClF2N4O7S. The number of nitrogens with one attached hydrogen (secondary N) is 1. The summed E-state index contributed by atoms with van der Waals surface area (Å²) in [6.07, 6.45) is 0. The quantitative estimate of drug-likeness (QED) is 0.423. The highest BCUT2D eigenvalue weighted by atomic mass is 35.5. The molecule has 15 heteroatoms. The highest BCUT2D eigenvalue weighted by Gasteiger charge is 2.42. The molecule has 2 aromatic rings. The molecule has 2 saturated heterocycles. The largest absolute Gasteiger partial charge is 0.451 e. The molecule has 0 bridgehead atoms. The zero-order chi connectivity index (χ0) is 26.7. The summed E-state index contributed by atoms with van der Waals surface area (Å²) < 4.78 is 67.4. The van der Waals surface area contributed by atoms with E-state index in [1.807, 2.05) is 0 Å². The van der Waals surface area contributed by atoms with Crippen molar-refractivity contribution >= 4 is 33.6 Å². The van der Waals surface area contributed by atoms with E-state index in [0.717, 1.165) is 0 Å². The van der Waals surface area contributed by atoms with Gasteiger partial charge in [-0.2, -0.15) is 4.31 Å². The minimum Gasteiger partial charge on any atom is -0.451 e. The van der Waals surface area contributed by atoms with Gasteiger partial charge in [-0.25, -0.2) is 27.5 Å². The minimum absolute atomic E-state index is 0.0681. The van der Waals surface area contributed by atoms with Crippen molar-refractivity contribution in [1.82, 2.24) is 19.6 Å². The number of hydroxylamine groups is 1. The number of carbonyl (C=O) groups is 2. The van der Waals surface area contributed by atoms with Gasteiger partial charge in [0.15, 0.2) is 17.4 Å². The molecule has 2 fully saturated rings. The number of hydrogen-bond donors (Lipinski definition) is 2. The van der Waals surface area contributed by atoms with Crippen LogP contribution in [0.25, 0.3) is 0 Å². The summed E-state index contributed by atoms with van der Waals surface area (Å²) in [4.78, 5) is 27.3. The molecule has 0 radical (unpaired) electrons. The Kier molecular flexibility index (Phi) is 8.14. The summed E-state index contributed by atoms with van der Waals surface area (Å²) in [5.74, 6) is -4.45. The molecule has 11 nitrogen and oxygen atoms in total. The lowest BCUT2D eigenvalue weighted by molar-refractivity contribution is -0.134. The fourth-order valence-corrected chi connectivity index (χ4v) is 5.73. The molecule has 2 aliphatic heterocycles. The molecule has 0 unspecified atom stereocenters. The lowest BCUT2D eigenvalue weighted by atomic mass is 10.2. The third-order valence-corrected chi connectivity index (χ3v) is 8.05. The number of amides is 3. The van der Waals surface area contributed by atoms with Crippen LogP contribution in [0.1, 0.15) is 0 Å². The summed E-state index contributed by atoms with van der Waals surface area (Å²) in [7, 11) is -4.64. The van der Waals surface area contributed by atoms with Gasteiger partial charge in [-0.1, -0.05) is 11.6 Å². The van der Waals surface area contributed by atoms with Crippen LogP contribution >= 0.6 is 11.6 Å². The van der Waals surface area contributed by atoms with Crippen LogP contribution in [0, 0.1) is 11.6 Å². The van der Waals surface area contributed by atoms with E-state index in [-0.39, 0.29) is 25.4 Å². The second-order valence-electron chi connectivity index (χ2n) is 8.21. The smallest absolute Gasteiger partial charge is 0.320 e. The van der Waals surface area contributed by atoms with Crippen LogP contribution in [0.15, 0.2) is 41.3 Å². The highest BCUT2D eigenvalue weighted by Crippen LogP contribution is 2.32. The second-order valence-corrected chi connectivity index (χ2v) is 10.5. The summed E-state index contributed by atoms with van der Waals surface area (Å²) in [5, 5.41) is 9.58. The van der Waals surface area contributed by atoms with Gasteiger partial charge in [-0.3, -0.25) is 10.0 Å². The van der Waals surface area contributed by atoms with Gasteiger partial charge >= 0.3 is 6.03 Å². The number of piperazine rings is 1. The van der Waals surface area contributed by atoms with E-state index in [1.54, 1.807) is 0 Å². The van der Waals surface area contributed by atoms with E-state index in [0.29, 0.717) is 47.8 Å². The SMILES string of the molecule is O=C(NO)[C@H]1CN(C(=O)N2CCOCC2)CCN1S(=O)(=O)c1cc(F)c(Oc2ccc(Cl)cc2)c(F)c1. The standard InChI is InChI=1S/C22H23ClF2N4O7S/c23-14-1-3-15(4-2-14)36-20-17(24)11-16(12-18(20)25)37(33,34)29-6-5-28(13-19(29)21(30)26-32)22(31)27-7-9-35-10-8-27/h1-4,11-12,19,32H,5-10,13H2,(H,26,30)/t19-/m1/s1. The summed E-state index contributed by atoms with van der Waals surface area (Å²) >= 11 is 5.78. The number of rotatable bonds is 5. The van der Waals surface area contributed by atoms with E-state index < -0.39 is 50.3 Å². The number of hydrogen-bond acceptors (Lipinski definition) is 7. The summed E-state index contributed by atoms with van der Waals surface area (Å²) in [6, 6.07) is 4.82. The van der Waals surface area contributed by atoms with Crippen molar-refractivity contribution in [3.63, 3.8) is 0 Å². The van der Waals surface area contributed by atoms with Crippen LogP contribution in [-0.2, 0) is 19.6 Å². The number of urea groups is 1. The number of nitrogens with zero attached hydrogens (tertiary/aromatic N) is 3. The van der Waals surface area contributed by atoms with Gasteiger partial charge in [0.1, 0.15) is 11.8 Å². The van der Waals surface area contributed by atoms with Gasteiger partial charge in [-0.05, 0) is 36.4 Å². The van der Waals surface area contributed by atoms with E-state index in [4.69, 9.17) is 21.1 Å². The summed E-state index contributed by atoms with van der Waals surface area (Å²) in [6.45, 7) is 0.514. The zero-order valence-corrected chi connectivity index (χ0v) is 20.8. The third kappa shape index (κ3) is 5.78. The van der Waals surface area contributed by atoms with Crippen molar-refractivity contribution in [2.75, 3.05) is 45.9 Å². The molecule has 2 N–H and O–H groups in total. The molecular weight excluding hydrogens is 538 g/mol. The normalized spacial score (nSPS) is 19.0. The van der Waals surface area contributed by atoms with Gasteiger partial charge < -0.3 is 19.3 Å². The number of morpholine rings is 1. The topological polar surface area (TPSA) is 129 Å². The number of carbonyl (C=O) groups excluding carboxylic acids is 2. The van der Waals surface area contributed by atoms with E-state index >= 15 is 0 Å². The Labute approximate surface area is 216 Å². The van der Waals surface area contributed by atoms with Crippen molar-refractivity contribution in [2.45, 2.75) is 10.9 Å². The van der Waals surface area contributed by atoms with Gasteiger partial charge in [0.2, 0.25) is 10.0 Å². The van der Waals surface area contributed by atoms with Crippen LogP contribution in [0.4, 0.5) is 13.6 Å². The van der Waals surface area contributed by atoms with Crippen LogP contribution in [0.2, 0.25) is 5.02 Å². The average molecular weight is 561 g/mol. The summed E-state index contributed by atoms with van der Waals surface area (Å²) in [5.41, 5.74) is 1.40. The van der Waals surface area contributed by atoms with Crippen LogP contribution < -0.4 is 10.2 Å². The molecule has 37 heavy (non-hydrogen) atoms. The average Bonchev–Trinajstić information content (AvgIpc) is 2.90. The van der Waals surface area contributed by atoms with E-state index in [2.05, 4.69) is 0 Å². The monoisotopic (exact) mass is 560 g/mol. The molecule has 3 amide bonds. The van der Waals surface area contributed by atoms with Crippen LogP contribution in [-0.4, -0.2) is 91.6 Å². The van der Waals surface area contributed by atoms with Gasteiger partial charge in [-0.15, -0.1) is 0 Å². The molecule has 2 heterocycles. The Morgan fingerprint density at radius 3 is 2.24 bits per heavy atom. The molecule has 0 saturated carbocycles. The van der Waals surface area contributed by atoms with Crippen molar-refractivity contribution in [1.29, 1.82) is 0 Å². The number of halogens is 3. The lowest BCUT2D eigenvalue weighted by Gasteiger charge is -2.41. The predicted molar refractivity (Wildman–Crippen MR) is 125 cm³/mol.